The van der Waals surface area contributed by atoms with Crippen LogP contribution in [0.5, 0.6) is 11.5 Å². The molecule has 1 fully saturated rings. The molecular weight excluding hydrogens is 1040 g/mol. The fourth-order valence-electron chi connectivity index (χ4n) is 10.7. The largest absolute Gasteiger partial charge is 0.497 e. The maximum absolute atomic E-state index is 14.1. The highest BCUT2D eigenvalue weighted by atomic mass is 31.2. The lowest BCUT2D eigenvalue weighted by atomic mass is 9.80. The third kappa shape index (κ3) is 11.6. The number of methoxy groups -OCH3 is 2. The van der Waals surface area contributed by atoms with Crippen molar-refractivity contribution in [2.45, 2.75) is 76.7 Å². The first-order valence-electron chi connectivity index (χ1n) is 26.9. The van der Waals surface area contributed by atoms with E-state index in [9.17, 15) is 14.9 Å². The van der Waals surface area contributed by atoms with Crippen LogP contribution in [-0.4, -0.2) is 114 Å². The van der Waals surface area contributed by atoms with Gasteiger partial charge in [0, 0.05) is 38.2 Å². The van der Waals surface area contributed by atoms with Gasteiger partial charge in [0.1, 0.15) is 29.4 Å². The zero-order chi connectivity index (χ0) is 56.8. The van der Waals surface area contributed by atoms with Crippen molar-refractivity contribution in [2.24, 2.45) is 4.99 Å². The summed E-state index contributed by atoms with van der Waals surface area (Å²) in [4.78, 5) is 46.7. The van der Waals surface area contributed by atoms with Crippen molar-refractivity contribution in [3.63, 3.8) is 0 Å². The molecule has 10 rings (SSSR count). The van der Waals surface area contributed by atoms with E-state index in [0.717, 1.165) is 49.0 Å². The number of carbonyl (C=O) groups excluding carboxylic acids is 1. The maximum atomic E-state index is 14.1. The van der Waals surface area contributed by atoms with Gasteiger partial charge in [-0.3, -0.25) is 19.1 Å². The highest BCUT2D eigenvalue weighted by molar-refractivity contribution is 7.44. The first-order chi connectivity index (χ1) is 39.3. The number of carbonyl (C=O) groups is 1. The number of nitrogens with one attached hydrogen (secondary N) is 2. The van der Waals surface area contributed by atoms with E-state index in [1.54, 1.807) is 23.7 Å². The Morgan fingerprint density at radius 3 is 2.11 bits per heavy atom. The molecule has 1 amide bonds. The van der Waals surface area contributed by atoms with Crippen LogP contribution in [-0.2, 0) is 24.1 Å². The predicted octanol–water partition coefficient (Wildman–Crippen LogP) is 11.0. The molecule has 18 heteroatoms. The third-order valence-corrected chi connectivity index (χ3v) is 16.4. The lowest BCUT2D eigenvalue weighted by Gasteiger charge is -2.39. The van der Waals surface area contributed by atoms with Gasteiger partial charge < -0.3 is 38.2 Å². The summed E-state index contributed by atoms with van der Waals surface area (Å²) in [5.74, 6) is 7.55. The molecule has 414 valence electrons. The first-order valence-corrected chi connectivity index (χ1v) is 28.0. The average Bonchev–Trinajstić information content (AvgIpc) is 4.15. The Morgan fingerprint density at radius 2 is 1.48 bits per heavy atom. The molecule has 17 nitrogen and oxygen atoms in total. The Labute approximate surface area is 471 Å². The molecule has 4 atom stereocenters. The van der Waals surface area contributed by atoms with E-state index in [4.69, 9.17) is 38.0 Å². The molecule has 2 N–H and O–H groups in total. The lowest BCUT2D eigenvalue weighted by molar-refractivity contribution is -0.0913. The highest BCUT2D eigenvalue weighted by Gasteiger charge is 2.46. The second kappa shape index (κ2) is 24.6. The summed E-state index contributed by atoms with van der Waals surface area (Å²) in [5.41, 5.74) is 1.43. The second-order valence-corrected chi connectivity index (χ2v) is 21.8. The van der Waals surface area contributed by atoms with Crippen LogP contribution in [0.4, 0.5) is 5.95 Å². The zero-order valence-electron chi connectivity index (χ0n) is 46.5. The van der Waals surface area contributed by atoms with Gasteiger partial charge in [-0.2, -0.15) is 10.2 Å². The molecule has 1 saturated heterocycles. The van der Waals surface area contributed by atoms with Crippen molar-refractivity contribution < 1.29 is 32.8 Å². The number of fused-ring (bicyclic) bond motifs is 1. The number of benzene rings is 7. The van der Waals surface area contributed by atoms with Crippen molar-refractivity contribution in [1.82, 2.24) is 34.4 Å². The minimum absolute atomic E-state index is 0.00674. The Bertz CT molecular complexity index is 3800. The number of hydrogen-bond acceptors (Lipinski definition) is 13. The van der Waals surface area contributed by atoms with Gasteiger partial charge in [-0.1, -0.05) is 109 Å². The van der Waals surface area contributed by atoms with E-state index in [2.05, 4.69) is 89.8 Å². The summed E-state index contributed by atoms with van der Waals surface area (Å²) in [6.45, 7) is 8.37. The number of ether oxygens (including phenoxy) is 4. The summed E-state index contributed by atoms with van der Waals surface area (Å²) in [5, 5.41) is 18.9. The summed E-state index contributed by atoms with van der Waals surface area (Å²) in [6, 6.07) is 46.0. The van der Waals surface area contributed by atoms with Crippen molar-refractivity contribution in [3.8, 4) is 29.4 Å². The number of aromatic amines is 1. The van der Waals surface area contributed by atoms with Gasteiger partial charge in [0.05, 0.1) is 58.9 Å². The SMILES string of the molecule is COc1ccc(C(OC[C@H]2O[C@@H](n3c(C#CCNC(=O)c4ccc5ccc6cccc7ccc4c5c67)nc4c(=O)[nH]c(/N=C/N(C)C)nc43)C[C@@H]2OP(OCCC#N)N(C(C)C)C(C)C)(c2ccccc2)c2ccc(OC)cc2)cc1. The number of H-pyrrole nitrogens is 1. The van der Waals surface area contributed by atoms with Crippen molar-refractivity contribution >= 4 is 70.2 Å². The van der Waals surface area contributed by atoms with Gasteiger partial charge in [-0.25, -0.2) is 14.6 Å². The molecule has 0 aliphatic carbocycles. The number of rotatable bonds is 21. The third-order valence-electron chi connectivity index (χ3n) is 14.3. The molecule has 3 heterocycles. The number of aromatic nitrogens is 4. The Balaban J connectivity index is 1.06. The van der Waals surface area contributed by atoms with E-state index in [1.807, 2.05) is 123 Å². The Morgan fingerprint density at radius 1 is 0.852 bits per heavy atom. The van der Waals surface area contributed by atoms with Crippen LogP contribution in [0, 0.1) is 23.2 Å². The Hall–Kier alpha value is -8.25. The number of nitrogens with zero attached hydrogens (tertiary/aromatic N) is 7. The summed E-state index contributed by atoms with van der Waals surface area (Å²) < 4.78 is 43.6. The minimum Gasteiger partial charge on any atom is -0.497 e. The van der Waals surface area contributed by atoms with Crippen LogP contribution >= 0.6 is 8.53 Å². The minimum atomic E-state index is -1.80. The number of imidazole rings is 1. The number of hydrogen-bond donors (Lipinski definition) is 2. The van der Waals surface area contributed by atoms with Gasteiger partial charge in [-0.15, -0.1) is 0 Å². The van der Waals surface area contributed by atoms with Gasteiger partial charge in [0.15, 0.2) is 17.0 Å². The Kier molecular flexibility index (Phi) is 17.0. The van der Waals surface area contributed by atoms with Crippen LogP contribution in [0.2, 0.25) is 0 Å². The predicted molar refractivity (Wildman–Crippen MR) is 316 cm³/mol. The monoisotopic (exact) mass is 1110 g/mol. The summed E-state index contributed by atoms with van der Waals surface area (Å²) in [7, 11) is 5.07. The second-order valence-electron chi connectivity index (χ2n) is 20.4. The first kappa shape index (κ1) is 56.0. The van der Waals surface area contributed by atoms with E-state index < -0.39 is 38.1 Å². The molecule has 1 aliphatic heterocycles. The quantitative estimate of drug-likeness (QED) is 0.0132. The molecule has 1 aliphatic rings. The molecular formula is C63H64N9O8P. The van der Waals surface area contributed by atoms with E-state index in [0.29, 0.717) is 17.1 Å². The van der Waals surface area contributed by atoms with E-state index in [1.165, 1.54) is 6.34 Å². The molecule has 0 spiro atoms. The van der Waals surface area contributed by atoms with Crippen LogP contribution < -0.4 is 20.3 Å². The van der Waals surface area contributed by atoms with Crippen LogP contribution in [0.1, 0.15) is 79.6 Å². The summed E-state index contributed by atoms with van der Waals surface area (Å²) in [6.07, 6.45) is -0.548. The number of amides is 1. The van der Waals surface area contributed by atoms with Gasteiger partial charge in [0.25, 0.3) is 20.0 Å². The highest BCUT2D eigenvalue weighted by Crippen LogP contribution is 2.51. The summed E-state index contributed by atoms with van der Waals surface area (Å²) >= 11 is 0. The molecule has 1 unspecified atom stereocenters. The van der Waals surface area contributed by atoms with Gasteiger partial charge in [-0.05, 0) is 113 Å². The van der Waals surface area contributed by atoms with Crippen molar-refractivity contribution in [1.29, 1.82) is 5.26 Å². The zero-order valence-corrected chi connectivity index (χ0v) is 47.4. The van der Waals surface area contributed by atoms with Crippen LogP contribution in [0.15, 0.2) is 143 Å². The van der Waals surface area contributed by atoms with E-state index in [-0.39, 0.29) is 73.5 Å². The lowest BCUT2D eigenvalue weighted by Crippen LogP contribution is -2.39. The maximum Gasteiger partial charge on any atom is 0.280 e. The fourth-order valence-corrected chi connectivity index (χ4v) is 12.4. The fraction of sp³-hybridized carbons (Fsp3) is 0.302. The molecule has 0 saturated carbocycles. The van der Waals surface area contributed by atoms with Gasteiger partial charge in [0.2, 0.25) is 5.95 Å². The molecule has 0 radical (unpaired) electrons. The van der Waals surface area contributed by atoms with Crippen molar-refractivity contribution in [2.75, 3.05) is 48.1 Å². The molecule has 81 heavy (non-hydrogen) atoms. The molecule has 7 aromatic carbocycles. The molecule has 0 bridgehead atoms. The number of nitriles is 1. The van der Waals surface area contributed by atoms with E-state index >= 15 is 0 Å². The average molecular weight is 1110 g/mol. The smallest absolute Gasteiger partial charge is 0.280 e. The standard InChI is InChI=1S/C63H64N9O8P/c1-40(2)72(41(3)4)81(78-36-14-34-64)80-52-37-55(79-53(52)38-77-63(45-17-10-9-11-18-45,46-24-28-48(75-7)29-25-46)47-26-30-49(76-8)31-27-47)71-54(67-58-59(71)68-62(69-61(58)74)66-39-70(5)6)19-13-35-65-60(73)51-33-23-44-21-20-42-15-12-16-43-22-32-50(51)57(44)56(42)43/h9-12,15-18,20-33,39-41,52-53,55H,14,35-38H2,1-8H3,(H,65,73)(H,68,69,74)/b66-39+/t52-,53+,55+,81?/m0/s1. The normalized spacial score (nSPS) is 16.0. The molecule has 9 aromatic rings. The number of aliphatic imine (C=N–C) groups is 1. The topological polar surface area (TPSA) is 191 Å². The van der Waals surface area contributed by atoms with Crippen LogP contribution in [0.25, 0.3) is 43.5 Å². The van der Waals surface area contributed by atoms with Crippen molar-refractivity contribution in [3.05, 3.63) is 172 Å². The van der Waals surface area contributed by atoms with Crippen LogP contribution in [0.3, 0.4) is 0 Å². The van der Waals surface area contributed by atoms with Gasteiger partial charge >= 0.3 is 0 Å². The molecule has 2 aromatic heterocycles.